The molecular formula is C16H15ClF2N2O. The summed E-state index contributed by atoms with van der Waals surface area (Å²) in [5.41, 5.74) is 1.08. The van der Waals surface area contributed by atoms with Gasteiger partial charge in [0.25, 0.3) is 0 Å². The normalized spacial score (nSPS) is 12.0. The van der Waals surface area contributed by atoms with Crippen molar-refractivity contribution in [2.24, 2.45) is 0 Å². The number of amides is 1. The Morgan fingerprint density at radius 3 is 2.59 bits per heavy atom. The Kier molecular flexibility index (Phi) is 5.46. The van der Waals surface area contributed by atoms with Gasteiger partial charge in [0.1, 0.15) is 0 Å². The summed E-state index contributed by atoms with van der Waals surface area (Å²) in [6, 6.07) is 10.4. The van der Waals surface area contributed by atoms with Gasteiger partial charge in [-0.2, -0.15) is 0 Å². The van der Waals surface area contributed by atoms with Crippen molar-refractivity contribution < 1.29 is 13.6 Å². The second-order valence-corrected chi connectivity index (χ2v) is 5.21. The molecule has 0 saturated heterocycles. The van der Waals surface area contributed by atoms with Crippen LogP contribution in [0.25, 0.3) is 0 Å². The molecule has 2 rings (SSSR count). The largest absolute Gasteiger partial charge is 0.325 e. The molecule has 0 unspecified atom stereocenters. The van der Waals surface area contributed by atoms with E-state index in [4.69, 9.17) is 11.6 Å². The van der Waals surface area contributed by atoms with Crippen molar-refractivity contribution >= 4 is 23.2 Å². The molecule has 1 amide bonds. The quantitative estimate of drug-likeness (QED) is 0.875. The predicted molar refractivity (Wildman–Crippen MR) is 82.9 cm³/mol. The third-order valence-corrected chi connectivity index (χ3v) is 3.49. The monoisotopic (exact) mass is 324 g/mol. The van der Waals surface area contributed by atoms with Crippen LogP contribution in [0.15, 0.2) is 42.5 Å². The van der Waals surface area contributed by atoms with Crippen LogP contribution >= 0.6 is 11.6 Å². The van der Waals surface area contributed by atoms with Gasteiger partial charge in [-0.05, 0) is 30.7 Å². The Morgan fingerprint density at radius 1 is 1.18 bits per heavy atom. The van der Waals surface area contributed by atoms with Crippen LogP contribution in [0.3, 0.4) is 0 Å². The van der Waals surface area contributed by atoms with E-state index in [-0.39, 0.29) is 24.2 Å². The molecule has 2 N–H and O–H groups in total. The summed E-state index contributed by atoms with van der Waals surface area (Å²) in [5.74, 6) is -2.32. The zero-order valence-corrected chi connectivity index (χ0v) is 12.6. The summed E-state index contributed by atoms with van der Waals surface area (Å²) < 4.78 is 25.9. The lowest BCUT2D eigenvalue weighted by Crippen LogP contribution is -2.30. The Hall–Kier alpha value is -1.98. The van der Waals surface area contributed by atoms with Gasteiger partial charge in [0.15, 0.2) is 11.6 Å². The number of halogens is 3. The Labute approximate surface area is 132 Å². The summed E-state index contributed by atoms with van der Waals surface area (Å²) in [6.45, 7) is 1.90. The number of benzene rings is 2. The van der Waals surface area contributed by atoms with Crippen LogP contribution in [-0.2, 0) is 4.79 Å². The number of hydrogen-bond acceptors (Lipinski definition) is 2. The minimum atomic E-state index is -1.00. The first-order valence-corrected chi connectivity index (χ1v) is 7.08. The molecule has 0 saturated carbocycles. The third kappa shape index (κ3) is 4.26. The van der Waals surface area contributed by atoms with Crippen LogP contribution in [0, 0.1) is 11.6 Å². The average molecular weight is 325 g/mol. The molecule has 2 aromatic rings. The molecule has 2 aromatic carbocycles. The lowest BCUT2D eigenvalue weighted by molar-refractivity contribution is -0.115. The summed E-state index contributed by atoms with van der Waals surface area (Å²) in [6.07, 6.45) is 0. The number of nitrogens with one attached hydrogen (secondary N) is 2. The maximum Gasteiger partial charge on any atom is 0.238 e. The highest BCUT2D eigenvalue weighted by molar-refractivity contribution is 6.31. The summed E-state index contributed by atoms with van der Waals surface area (Å²) >= 11 is 6.08. The number of carbonyl (C=O) groups excluding carboxylic acids is 1. The molecule has 0 radical (unpaired) electrons. The molecule has 0 fully saturated rings. The maximum absolute atomic E-state index is 13.1. The molecule has 22 heavy (non-hydrogen) atoms. The van der Waals surface area contributed by atoms with E-state index in [1.54, 1.807) is 6.07 Å². The van der Waals surface area contributed by atoms with E-state index >= 15 is 0 Å². The molecule has 1 atom stereocenters. The summed E-state index contributed by atoms with van der Waals surface area (Å²) in [7, 11) is 0. The van der Waals surface area contributed by atoms with E-state index in [0.29, 0.717) is 5.02 Å². The van der Waals surface area contributed by atoms with Gasteiger partial charge >= 0.3 is 0 Å². The van der Waals surface area contributed by atoms with Gasteiger partial charge in [-0.1, -0.05) is 29.8 Å². The molecule has 3 nitrogen and oxygen atoms in total. The predicted octanol–water partition coefficient (Wildman–Crippen LogP) is 3.91. The number of anilines is 1. The van der Waals surface area contributed by atoms with Crippen molar-refractivity contribution in [1.82, 2.24) is 5.32 Å². The molecule has 0 aliphatic heterocycles. The first kappa shape index (κ1) is 16.4. The SMILES string of the molecule is C[C@@H](NCC(=O)Nc1ccc(F)c(F)c1)c1ccccc1Cl. The fourth-order valence-electron chi connectivity index (χ4n) is 1.96. The van der Waals surface area contributed by atoms with Gasteiger partial charge in [0, 0.05) is 22.8 Å². The first-order chi connectivity index (χ1) is 10.5. The van der Waals surface area contributed by atoms with Crippen molar-refractivity contribution in [2.75, 3.05) is 11.9 Å². The second-order valence-electron chi connectivity index (χ2n) is 4.80. The van der Waals surface area contributed by atoms with Crippen LogP contribution in [-0.4, -0.2) is 12.5 Å². The van der Waals surface area contributed by atoms with Crippen LogP contribution in [0.1, 0.15) is 18.5 Å². The van der Waals surface area contributed by atoms with Crippen molar-refractivity contribution in [3.8, 4) is 0 Å². The average Bonchev–Trinajstić information content (AvgIpc) is 2.49. The van der Waals surface area contributed by atoms with E-state index in [1.807, 2.05) is 25.1 Å². The van der Waals surface area contributed by atoms with Crippen molar-refractivity contribution in [2.45, 2.75) is 13.0 Å². The first-order valence-electron chi connectivity index (χ1n) is 6.70. The standard InChI is InChI=1S/C16H15ClF2N2O/c1-10(12-4-2-3-5-13(12)17)20-9-16(22)21-11-6-7-14(18)15(19)8-11/h2-8,10,20H,9H2,1H3,(H,21,22)/t10-/m1/s1. The second kappa shape index (κ2) is 7.33. The van der Waals surface area contributed by atoms with Gasteiger partial charge in [0.2, 0.25) is 5.91 Å². The molecule has 0 heterocycles. The minimum Gasteiger partial charge on any atom is -0.325 e. The number of rotatable bonds is 5. The Balaban J connectivity index is 1.90. The zero-order valence-electron chi connectivity index (χ0n) is 11.9. The van der Waals surface area contributed by atoms with Crippen LogP contribution < -0.4 is 10.6 Å². The van der Waals surface area contributed by atoms with Gasteiger partial charge in [0.05, 0.1) is 6.54 Å². The van der Waals surface area contributed by atoms with Gasteiger partial charge in [-0.15, -0.1) is 0 Å². The fourth-order valence-corrected chi connectivity index (χ4v) is 2.26. The van der Waals surface area contributed by atoms with Gasteiger partial charge < -0.3 is 10.6 Å². The Morgan fingerprint density at radius 2 is 1.91 bits per heavy atom. The van der Waals surface area contributed by atoms with Crippen LogP contribution in [0.5, 0.6) is 0 Å². The van der Waals surface area contributed by atoms with E-state index in [1.165, 1.54) is 6.07 Å². The van der Waals surface area contributed by atoms with Crippen LogP contribution in [0.4, 0.5) is 14.5 Å². The fraction of sp³-hybridized carbons (Fsp3) is 0.188. The maximum atomic E-state index is 13.1. The molecular weight excluding hydrogens is 310 g/mol. The molecule has 116 valence electrons. The van der Waals surface area contributed by atoms with E-state index in [2.05, 4.69) is 10.6 Å². The Bertz CT molecular complexity index is 679. The minimum absolute atomic E-state index is 0.0192. The van der Waals surface area contributed by atoms with E-state index in [9.17, 15) is 13.6 Å². The van der Waals surface area contributed by atoms with Crippen LogP contribution in [0.2, 0.25) is 5.02 Å². The molecule has 0 aliphatic carbocycles. The highest BCUT2D eigenvalue weighted by atomic mass is 35.5. The molecule has 0 spiro atoms. The van der Waals surface area contributed by atoms with Crippen molar-refractivity contribution in [3.63, 3.8) is 0 Å². The lowest BCUT2D eigenvalue weighted by Gasteiger charge is -2.15. The van der Waals surface area contributed by atoms with Crippen molar-refractivity contribution in [3.05, 3.63) is 64.7 Å². The van der Waals surface area contributed by atoms with E-state index < -0.39 is 11.6 Å². The zero-order chi connectivity index (χ0) is 16.1. The topological polar surface area (TPSA) is 41.1 Å². The highest BCUT2D eigenvalue weighted by Gasteiger charge is 2.11. The number of hydrogen-bond donors (Lipinski definition) is 2. The van der Waals surface area contributed by atoms with Gasteiger partial charge in [-0.3, -0.25) is 4.79 Å². The summed E-state index contributed by atoms with van der Waals surface area (Å²) in [5, 5.41) is 6.13. The number of carbonyl (C=O) groups is 1. The highest BCUT2D eigenvalue weighted by Crippen LogP contribution is 2.21. The lowest BCUT2D eigenvalue weighted by atomic mass is 10.1. The van der Waals surface area contributed by atoms with Gasteiger partial charge in [-0.25, -0.2) is 8.78 Å². The van der Waals surface area contributed by atoms with Crippen molar-refractivity contribution in [1.29, 1.82) is 0 Å². The molecule has 0 aliphatic rings. The summed E-state index contributed by atoms with van der Waals surface area (Å²) in [4.78, 5) is 11.8. The van der Waals surface area contributed by atoms with E-state index in [0.717, 1.165) is 17.7 Å². The molecule has 6 heteroatoms. The smallest absolute Gasteiger partial charge is 0.238 e. The molecule has 0 bridgehead atoms. The molecule has 0 aromatic heterocycles. The third-order valence-electron chi connectivity index (χ3n) is 3.14.